The summed E-state index contributed by atoms with van der Waals surface area (Å²) >= 11 is 1.33. The molecule has 6 N–H and O–H groups in total. The van der Waals surface area contributed by atoms with Crippen LogP contribution in [0, 0.1) is 12.8 Å². The van der Waals surface area contributed by atoms with Crippen LogP contribution in [0.5, 0.6) is 0 Å². The van der Waals surface area contributed by atoms with E-state index in [4.69, 9.17) is 11.5 Å². The van der Waals surface area contributed by atoms with Crippen molar-refractivity contribution in [3.63, 3.8) is 0 Å². The molecule has 1 aromatic heterocycles. The summed E-state index contributed by atoms with van der Waals surface area (Å²) in [4.78, 5) is 60.5. The number of likely N-dealkylation sites (tertiary alicyclic amines) is 1. The van der Waals surface area contributed by atoms with Crippen LogP contribution in [0.15, 0.2) is 10.4 Å². The van der Waals surface area contributed by atoms with Gasteiger partial charge in [-0.2, -0.15) is 0 Å². The number of nitrogens with one attached hydrogen (secondary N) is 2. The van der Waals surface area contributed by atoms with Gasteiger partial charge in [-0.3, -0.25) is 24.2 Å². The van der Waals surface area contributed by atoms with Gasteiger partial charge in [-0.15, -0.1) is 11.3 Å². The van der Waals surface area contributed by atoms with E-state index < -0.39 is 42.4 Å². The minimum atomic E-state index is -1.22. The molecule has 0 saturated carbocycles. The Hall–Kier alpha value is -3.09. The van der Waals surface area contributed by atoms with Gasteiger partial charge in [-0.25, -0.2) is 9.37 Å². The van der Waals surface area contributed by atoms with Crippen LogP contribution in [-0.4, -0.2) is 77.2 Å². The van der Waals surface area contributed by atoms with Crippen molar-refractivity contribution in [1.29, 1.82) is 0 Å². The molecule has 194 valence electrons. The van der Waals surface area contributed by atoms with Gasteiger partial charge in [0.1, 0.15) is 24.5 Å². The Morgan fingerprint density at radius 1 is 1.29 bits per heavy atom. The number of rotatable bonds is 12. The predicted octanol–water partition coefficient (Wildman–Crippen LogP) is 0.274. The number of nitrogens with two attached hydrogens (primary N) is 2. The second-order valence-corrected chi connectivity index (χ2v) is 9.81. The summed E-state index contributed by atoms with van der Waals surface area (Å²) in [6.45, 7) is 4.72. The Morgan fingerprint density at radius 2 is 2.00 bits per heavy atom. The van der Waals surface area contributed by atoms with Crippen LogP contribution in [-0.2, 0) is 14.4 Å². The molecular weight excluding hydrogens is 477 g/mol. The molecule has 0 spiro atoms. The zero-order chi connectivity index (χ0) is 26.1. The first-order chi connectivity index (χ1) is 16.5. The Balaban J connectivity index is 2.08. The fraction of sp³-hybridized carbons (Fsp3) is 0.636. The van der Waals surface area contributed by atoms with E-state index in [1.807, 2.05) is 0 Å². The van der Waals surface area contributed by atoms with Crippen molar-refractivity contribution in [2.24, 2.45) is 22.4 Å². The molecule has 2 rings (SSSR count). The van der Waals surface area contributed by atoms with Crippen molar-refractivity contribution >= 4 is 40.8 Å². The fourth-order valence-corrected chi connectivity index (χ4v) is 4.45. The van der Waals surface area contributed by atoms with E-state index in [-0.39, 0.29) is 36.4 Å². The Labute approximate surface area is 207 Å². The number of nitrogens with zero attached hydrogens (tertiary/aromatic N) is 3. The number of carbonyl (C=O) groups excluding carboxylic acids is 4. The van der Waals surface area contributed by atoms with E-state index in [0.29, 0.717) is 25.8 Å². The monoisotopic (exact) mass is 511 g/mol. The summed E-state index contributed by atoms with van der Waals surface area (Å²) < 4.78 is 13.1. The van der Waals surface area contributed by atoms with Crippen LogP contribution in [0.2, 0.25) is 0 Å². The lowest BCUT2D eigenvalue weighted by Gasteiger charge is -2.31. The first kappa shape index (κ1) is 28.1. The van der Waals surface area contributed by atoms with Gasteiger partial charge in [-0.05, 0) is 38.5 Å². The second-order valence-electron chi connectivity index (χ2n) is 8.75. The smallest absolute Gasteiger partial charge is 0.271 e. The molecule has 35 heavy (non-hydrogen) atoms. The summed E-state index contributed by atoms with van der Waals surface area (Å²) in [5, 5.41) is 7.68. The third-order valence-electron chi connectivity index (χ3n) is 5.69. The lowest BCUT2D eigenvalue weighted by Crippen LogP contribution is -2.56. The Morgan fingerprint density at radius 3 is 2.57 bits per heavy atom. The summed E-state index contributed by atoms with van der Waals surface area (Å²) in [6.07, 6.45) is 1.50. The molecule has 3 atom stereocenters. The zero-order valence-electron chi connectivity index (χ0n) is 20.3. The molecule has 1 aliphatic rings. The number of amides is 3. The number of hydrogen-bond acceptors (Lipinski definition) is 7. The van der Waals surface area contributed by atoms with Crippen LogP contribution in [0.4, 0.5) is 4.39 Å². The number of thiazole rings is 1. The molecule has 1 aliphatic heterocycles. The molecule has 1 fully saturated rings. The summed E-state index contributed by atoms with van der Waals surface area (Å²) in [6, 6.07) is -2.73. The van der Waals surface area contributed by atoms with Crippen molar-refractivity contribution in [1.82, 2.24) is 20.5 Å². The lowest BCUT2D eigenvalue weighted by molar-refractivity contribution is -0.141. The quantitative estimate of drug-likeness (QED) is 0.177. The molecule has 3 unspecified atom stereocenters. The summed E-state index contributed by atoms with van der Waals surface area (Å²) in [5.41, 5.74) is 10.8. The van der Waals surface area contributed by atoms with Crippen LogP contribution in [0.25, 0.3) is 0 Å². The van der Waals surface area contributed by atoms with Gasteiger partial charge in [-0.1, -0.05) is 13.8 Å². The SMILES string of the molecule is Cc1nc(C(=O)NC(C(=O)N2CCCC2C(=O)NC(CCCN=C(N)N)C(=O)CF)C(C)C)cs1. The normalized spacial score (nSPS) is 17.1. The highest BCUT2D eigenvalue weighted by Crippen LogP contribution is 2.21. The molecule has 3 amide bonds. The van der Waals surface area contributed by atoms with Gasteiger partial charge in [0.05, 0.1) is 11.0 Å². The molecule has 2 heterocycles. The van der Waals surface area contributed by atoms with Gasteiger partial charge < -0.3 is 27.0 Å². The third kappa shape index (κ3) is 7.98. The van der Waals surface area contributed by atoms with E-state index in [0.717, 1.165) is 5.01 Å². The lowest BCUT2D eigenvalue weighted by atomic mass is 10.0. The van der Waals surface area contributed by atoms with Gasteiger partial charge in [0.2, 0.25) is 11.8 Å². The van der Waals surface area contributed by atoms with Gasteiger partial charge in [0, 0.05) is 18.5 Å². The summed E-state index contributed by atoms with van der Waals surface area (Å²) in [7, 11) is 0. The number of carbonyl (C=O) groups is 4. The maximum atomic E-state index is 13.4. The average molecular weight is 512 g/mol. The molecule has 0 radical (unpaired) electrons. The maximum Gasteiger partial charge on any atom is 0.271 e. The van der Waals surface area contributed by atoms with E-state index in [9.17, 15) is 23.6 Å². The van der Waals surface area contributed by atoms with Crippen LogP contribution >= 0.6 is 11.3 Å². The molecule has 1 aromatic rings. The van der Waals surface area contributed by atoms with E-state index in [1.165, 1.54) is 16.2 Å². The van der Waals surface area contributed by atoms with Crippen molar-refractivity contribution in [2.45, 2.75) is 64.6 Å². The van der Waals surface area contributed by atoms with E-state index in [2.05, 4.69) is 20.6 Å². The topological polar surface area (TPSA) is 173 Å². The fourth-order valence-electron chi connectivity index (χ4n) is 3.86. The molecule has 11 nitrogen and oxygen atoms in total. The number of Topliss-reactive ketones (excluding diaryl/α,β-unsaturated/α-hetero) is 1. The number of hydrogen-bond donors (Lipinski definition) is 4. The van der Waals surface area contributed by atoms with Crippen LogP contribution < -0.4 is 22.1 Å². The third-order valence-corrected chi connectivity index (χ3v) is 6.47. The molecule has 13 heteroatoms. The number of aryl methyl sites for hydroxylation is 1. The number of guanidine groups is 1. The molecular formula is C22H34FN7O4S. The van der Waals surface area contributed by atoms with Crippen molar-refractivity contribution in [3.05, 3.63) is 16.1 Å². The first-order valence-electron chi connectivity index (χ1n) is 11.5. The predicted molar refractivity (Wildman–Crippen MR) is 131 cm³/mol. The Bertz CT molecular complexity index is 948. The van der Waals surface area contributed by atoms with Crippen molar-refractivity contribution in [3.8, 4) is 0 Å². The highest BCUT2D eigenvalue weighted by molar-refractivity contribution is 7.09. The van der Waals surface area contributed by atoms with Gasteiger partial charge in [0.25, 0.3) is 5.91 Å². The average Bonchev–Trinajstić information content (AvgIpc) is 3.47. The van der Waals surface area contributed by atoms with Crippen molar-refractivity contribution in [2.75, 3.05) is 19.8 Å². The zero-order valence-corrected chi connectivity index (χ0v) is 21.1. The maximum absolute atomic E-state index is 13.4. The standard InChI is InChI=1S/C22H34FN7O4S/c1-12(2)18(29-19(32)15-11-35-13(3)27-15)21(34)30-9-5-7-16(30)20(33)28-14(17(31)10-23)6-4-8-26-22(24)25/h11-12,14,16,18H,4-10H2,1-3H3,(H,28,33)(H,29,32)(H4,24,25,26). The number of alkyl halides is 1. The number of aromatic nitrogens is 1. The van der Waals surface area contributed by atoms with Gasteiger partial charge in [0.15, 0.2) is 11.7 Å². The minimum absolute atomic E-state index is 0.0979. The van der Waals surface area contributed by atoms with Crippen LogP contribution in [0.1, 0.15) is 55.0 Å². The second kappa shape index (κ2) is 13.1. The Kier molecular flexibility index (Phi) is 10.6. The molecule has 0 aromatic carbocycles. The highest BCUT2D eigenvalue weighted by atomic mass is 32.1. The largest absolute Gasteiger partial charge is 0.370 e. The molecule has 1 saturated heterocycles. The van der Waals surface area contributed by atoms with Gasteiger partial charge >= 0.3 is 0 Å². The highest BCUT2D eigenvalue weighted by Gasteiger charge is 2.39. The number of ketones is 1. The molecule has 0 bridgehead atoms. The summed E-state index contributed by atoms with van der Waals surface area (Å²) in [5.74, 6) is -2.49. The van der Waals surface area contributed by atoms with Crippen LogP contribution in [0.3, 0.4) is 0 Å². The first-order valence-corrected chi connectivity index (χ1v) is 12.4. The number of halogens is 1. The number of aliphatic imine (C=N–C) groups is 1. The molecule has 0 aliphatic carbocycles. The minimum Gasteiger partial charge on any atom is -0.370 e. The van der Waals surface area contributed by atoms with E-state index >= 15 is 0 Å². The van der Waals surface area contributed by atoms with Crippen molar-refractivity contribution < 1.29 is 23.6 Å². The van der Waals surface area contributed by atoms with E-state index in [1.54, 1.807) is 26.2 Å².